The lowest BCUT2D eigenvalue weighted by Gasteiger charge is -2.20. The molecule has 0 unspecified atom stereocenters. The zero-order valence-corrected chi connectivity index (χ0v) is 5.76. The first-order chi connectivity index (χ1) is 3.91. The van der Waals surface area contributed by atoms with E-state index in [4.69, 9.17) is 0 Å². The molecule has 0 atom stereocenters. The number of rotatable bonds is 0. The molecule has 1 saturated carbocycles. The monoisotopic (exact) mass is 129 g/mol. The van der Waals surface area contributed by atoms with Gasteiger partial charge >= 0.3 is 0 Å². The summed E-state index contributed by atoms with van der Waals surface area (Å²) in [6, 6.07) is 0. The van der Waals surface area contributed by atoms with Crippen molar-refractivity contribution in [2.45, 2.75) is 17.6 Å². The van der Waals surface area contributed by atoms with Crippen LogP contribution in [0.5, 0.6) is 0 Å². The van der Waals surface area contributed by atoms with Gasteiger partial charge in [-0.3, -0.25) is 0 Å². The summed E-state index contributed by atoms with van der Waals surface area (Å²) in [7, 11) is 0. The third-order valence-corrected chi connectivity index (χ3v) is 3.52. The second kappa shape index (κ2) is 1.64. The second-order valence-electron chi connectivity index (χ2n) is 2.71. The van der Waals surface area contributed by atoms with E-state index in [0.717, 1.165) is 4.75 Å². The van der Waals surface area contributed by atoms with Crippen LogP contribution in [0.25, 0.3) is 0 Å². The SMILES string of the molecule is C1CSC2(CC2)CN1. The fraction of sp³-hybridized carbons (Fsp3) is 1.00. The molecule has 0 radical (unpaired) electrons. The molecular weight excluding hydrogens is 118 g/mol. The van der Waals surface area contributed by atoms with E-state index < -0.39 is 0 Å². The predicted molar refractivity (Wildman–Crippen MR) is 37.3 cm³/mol. The zero-order valence-electron chi connectivity index (χ0n) is 4.94. The third kappa shape index (κ3) is 0.759. The van der Waals surface area contributed by atoms with E-state index in [2.05, 4.69) is 17.1 Å². The molecule has 2 fully saturated rings. The van der Waals surface area contributed by atoms with Crippen LogP contribution in [0.4, 0.5) is 0 Å². The summed E-state index contributed by atoms with van der Waals surface area (Å²) in [6.07, 6.45) is 2.93. The average Bonchev–Trinajstić information content (AvgIpc) is 2.52. The maximum Gasteiger partial charge on any atom is 0.0286 e. The largest absolute Gasteiger partial charge is 0.315 e. The zero-order chi connectivity index (χ0) is 5.45. The van der Waals surface area contributed by atoms with Crippen LogP contribution in [0.15, 0.2) is 0 Å². The van der Waals surface area contributed by atoms with Crippen LogP contribution in [0, 0.1) is 0 Å². The molecule has 8 heavy (non-hydrogen) atoms. The molecule has 1 aliphatic carbocycles. The Hall–Kier alpha value is 0.310. The minimum Gasteiger partial charge on any atom is -0.315 e. The van der Waals surface area contributed by atoms with Gasteiger partial charge in [0.25, 0.3) is 0 Å². The summed E-state index contributed by atoms with van der Waals surface area (Å²) < 4.78 is 0.734. The van der Waals surface area contributed by atoms with E-state index in [0.29, 0.717) is 0 Å². The first-order valence-electron chi connectivity index (χ1n) is 3.26. The Labute approximate surface area is 54.2 Å². The normalized spacial score (nSPS) is 33.0. The van der Waals surface area contributed by atoms with Crippen LogP contribution in [0.1, 0.15) is 12.8 Å². The molecule has 0 aromatic heterocycles. The van der Waals surface area contributed by atoms with Crippen LogP contribution in [-0.4, -0.2) is 23.6 Å². The highest BCUT2D eigenvalue weighted by molar-refractivity contribution is 8.01. The first-order valence-corrected chi connectivity index (χ1v) is 4.25. The van der Waals surface area contributed by atoms with Crippen molar-refractivity contribution < 1.29 is 0 Å². The van der Waals surface area contributed by atoms with Gasteiger partial charge in [-0.25, -0.2) is 0 Å². The van der Waals surface area contributed by atoms with Crippen LogP contribution in [-0.2, 0) is 0 Å². The fourth-order valence-corrected chi connectivity index (χ4v) is 2.44. The van der Waals surface area contributed by atoms with Crippen molar-refractivity contribution in [2.24, 2.45) is 0 Å². The van der Waals surface area contributed by atoms with Gasteiger partial charge in [0.05, 0.1) is 0 Å². The smallest absolute Gasteiger partial charge is 0.0286 e. The van der Waals surface area contributed by atoms with E-state index in [1.807, 2.05) is 0 Å². The van der Waals surface area contributed by atoms with Gasteiger partial charge in [0, 0.05) is 23.6 Å². The molecule has 0 aromatic rings. The molecular formula is C6H11NS. The second-order valence-corrected chi connectivity index (χ2v) is 4.27. The van der Waals surface area contributed by atoms with Crippen LogP contribution in [0.2, 0.25) is 0 Å². The summed E-state index contributed by atoms with van der Waals surface area (Å²) in [5, 5.41) is 3.42. The standard InChI is InChI=1S/C6H11NS/c1-2-6(1)5-7-3-4-8-6/h7H,1-5H2. The lowest BCUT2D eigenvalue weighted by Crippen LogP contribution is -2.33. The fourth-order valence-electron chi connectivity index (χ4n) is 1.17. The Morgan fingerprint density at radius 1 is 1.38 bits per heavy atom. The van der Waals surface area contributed by atoms with Crippen molar-refractivity contribution in [3.63, 3.8) is 0 Å². The predicted octanol–water partition coefficient (Wildman–Crippen LogP) is 0.855. The molecule has 46 valence electrons. The molecule has 1 N–H and O–H groups in total. The summed E-state index contributed by atoms with van der Waals surface area (Å²) >= 11 is 2.17. The summed E-state index contributed by atoms with van der Waals surface area (Å²) in [5.41, 5.74) is 0. The molecule has 0 bridgehead atoms. The van der Waals surface area contributed by atoms with E-state index in [9.17, 15) is 0 Å². The Morgan fingerprint density at radius 2 is 2.25 bits per heavy atom. The minimum atomic E-state index is 0.734. The lowest BCUT2D eigenvalue weighted by molar-refractivity contribution is 0.670. The quantitative estimate of drug-likeness (QED) is 0.520. The third-order valence-electron chi connectivity index (χ3n) is 1.94. The van der Waals surface area contributed by atoms with Crippen LogP contribution in [0.3, 0.4) is 0 Å². The molecule has 2 rings (SSSR count). The Kier molecular flexibility index (Phi) is 1.05. The lowest BCUT2D eigenvalue weighted by atomic mass is 10.4. The van der Waals surface area contributed by atoms with Gasteiger partial charge in [-0.15, -0.1) is 0 Å². The number of hydrogen-bond acceptors (Lipinski definition) is 2. The van der Waals surface area contributed by atoms with Crippen molar-refractivity contribution in [3.05, 3.63) is 0 Å². The molecule has 2 aliphatic rings. The van der Waals surface area contributed by atoms with Crippen molar-refractivity contribution in [2.75, 3.05) is 18.8 Å². The molecule has 0 amide bonds. The highest BCUT2D eigenvalue weighted by Crippen LogP contribution is 2.48. The number of thioether (sulfide) groups is 1. The summed E-state index contributed by atoms with van der Waals surface area (Å²) in [6.45, 7) is 2.50. The molecule has 1 aliphatic heterocycles. The molecule has 0 aromatic carbocycles. The van der Waals surface area contributed by atoms with Gasteiger partial charge in [0.15, 0.2) is 0 Å². The average molecular weight is 129 g/mol. The number of nitrogens with one attached hydrogen (secondary N) is 1. The van der Waals surface area contributed by atoms with Crippen molar-refractivity contribution >= 4 is 11.8 Å². The Morgan fingerprint density at radius 3 is 2.62 bits per heavy atom. The first kappa shape index (κ1) is 5.12. The maximum atomic E-state index is 3.42. The van der Waals surface area contributed by atoms with Gasteiger partial charge in [-0.1, -0.05) is 0 Å². The molecule has 2 heteroatoms. The van der Waals surface area contributed by atoms with Crippen LogP contribution < -0.4 is 5.32 Å². The van der Waals surface area contributed by atoms with Crippen molar-refractivity contribution in [1.29, 1.82) is 0 Å². The number of hydrogen-bond donors (Lipinski definition) is 1. The molecule has 1 spiro atoms. The maximum absolute atomic E-state index is 3.42. The molecule has 1 heterocycles. The van der Waals surface area contributed by atoms with E-state index in [1.54, 1.807) is 0 Å². The van der Waals surface area contributed by atoms with Crippen LogP contribution >= 0.6 is 11.8 Å². The Bertz CT molecular complexity index is 90.7. The highest BCUT2D eigenvalue weighted by atomic mass is 32.2. The van der Waals surface area contributed by atoms with E-state index >= 15 is 0 Å². The summed E-state index contributed by atoms with van der Waals surface area (Å²) in [5.74, 6) is 1.33. The van der Waals surface area contributed by atoms with Gasteiger partial charge in [0.1, 0.15) is 0 Å². The topological polar surface area (TPSA) is 12.0 Å². The Balaban J connectivity index is 1.95. The van der Waals surface area contributed by atoms with Crippen molar-refractivity contribution in [1.82, 2.24) is 5.32 Å². The van der Waals surface area contributed by atoms with Crippen molar-refractivity contribution in [3.8, 4) is 0 Å². The van der Waals surface area contributed by atoms with Gasteiger partial charge in [-0.2, -0.15) is 11.8 Å². The van der Waals surface area contributed by atoms with E-state index in [-0.39, 0.29) is 0 Å². The summed E-state index contributed by atoms with van der Waals surface area (Å²) in [4.78, 5) is 0. The van der Waals surface area contributed by atoms with E-state index in [1.165, 1.54) is 31.7 Å². The molecule has 1 saturated heterocycles. The van der Waals surface area contributed by atoms with Gasteiger partial charge < -0.3 is 5.32 Å². The minimum absolute atomic E-state index is 0.734. The van der Waals surface area contributed by atoms with Gasteiger partial charge in [0.2, 0.25) is 0 Å². The highest BCUT2D eigenvalue weighted by Gasteiger charge is 2.43. The molecule has 1 nitrogen and oxygen atoms in total. The van der Waals surface area contributed by atoms with Gasteiger partial charge in [-0.05, 0) is 12.8 Å².